The third kappa shape index (κ3) is 3.99. The number of alkyl halides is 3. The van der Waals surface area contributed by atoms with E-state index >= 15 is 0 Å². The van der Waals surface area contributed by atoms with Gasteiger partial charge in [0.05, 0.1) is 11.4 Å². The number of likely N-dealkylation sites (N-methyl/N-ethyl adjacent to an activating group) is 1. The number of likely N-dealkylation sites (tertiary alicyclic amines) is 1. The summed E-state index contributed by atoms with van der Waals surface area (Å²) < 4.78 is 62.1. The lowest BCUT2D eigenvalue weighted by Crippen LogP contribution is -2.26. The number of pyridine rings is 1. The molecule has 0 amide bonds. The molecular weight excluding hydrogens is 371 g/mol. The summed E-state index contributed by atoms with van der Waals surface area (Å²) in [4.78, 5) is 9.29. The van der Waals surface area contributed by atoms with Gasteiger partial charge in [-0.15, -0.1) is 0 Å². The van der Waals surface area contributed by atoms with Crippen LogP contribution >= 0.6 is 11.8 Å². The SMILES string of the molecule is [2H]C([2H])([2H])N1CCC[C@@H]1Cc1c(-c2ccccn2)[nH]c2ccc(SC(F)(F)F)cc12. The van der Waals surface area contributed by atoms with E-state index in [2.05, 4.69) is 9.97 Å². The first-order valence-corrected chi connectivity index (χ1v) is 9.52. The van der Waals surface area contributed by atoms with Crippen molar-refractivity contribution in [3.05, 3.63) is 48.2 Å². The second-order valence-corrected chi connectivity index (χ2v) is 7.78. The van der Waals surface area contributed by atoms with Crippen LogP contribution in [0.15, 0.2) is 47.5 Å². The minimum atomic E-state index is -4.38. The van der Waals surface area contributed by atoms with E-state index in [4.69, 9.17) is 4.11 Å². The van der Waals surface area contributed by atoms with Crippen molar-refractivity contribution in [2.75, 3.05) is 13.5 Å². The first-order chi connectivity index (χ1) is 14.1. The zero-order valence-corrected chi connectivity index (χ0v) is 15.2. The van der Waals surface area contributed by atoms with Gasteiger partial charge in [0.25, 0.3) is 0 Å². The third-order valence-corrected chi connectivity index (χ3v) is 5.57. The first-order valence-electron chi connectivity index (χ1n) is 10.2. The molecule has 142 valence electrons. The molecule has 3 aromatic rings. The van der Waals surface area contributed by atoms with Crippen molar-refractivity contribution < 1.29 is 17.3 Å². The van der Waals surface area contributed by atoms with E-state index in [1.54, 1.807) is 18.3 Å². The Bertz CT molecular complexity index is 1030. The largest absolute Gasteiger partial charge is 0.446 e. The molecule has 1 fully saturated rings. The summed E-state index contributed by atoms with van der Waals surface area (Å²) in [7, 11) is 0. The Morgan fingerprint density at radius 1 is 1.33 bits per heavy atom. The molecule has 0 radical (unpaired) electrons. The van der Waals surface area contributed by atoms with Crippen LogP contribution in [0.1, 0.15) is 22.5 Å². The molecule has 1 N–H and O–H groups in total. The second kappa shape index (κ2) is 7.20. The van der Waals surface area contributed by atoms with Gasteiger partial charge in [0.15, 0.2) is 0 Å². The molecular formula is C20H20F3N3S. The van der Waals surface area contributed by atoms with Crippen LogP contribution in [0, 0.1) is 0 Å². The van der Waals surface area contributed by atoms with E-state index in [0.29, 0.717) is 29.6 Å². The molecule has 0 aliphatic carbocycles. The Balaban J connectivity index is 1.80. The lowest BCUT2D eigenvalue weighted by atomic mass is 9.99. The number of aromatic amines is 1. The van der Waals surface area contributed by atoms with Crippen molar-refractivity contribution in [3.63, 3.8) is 0 Å². The minimum absolute atomic E-state index is 0.0990. The van der Waals surface area contributed by atoms with Crippen LogP contribution in [-0.4, -0.2) is 39.9 Å². The Hall–Kier alpha value is -1.99. The molecule has 0 saturated carbocycles. The Morgan fingerprint density at radius 2 is 2.22 bits per heavy atom. The summed E-state index contributed by atoms with van der Waals surface area (Å²) in [6, 6.07) is 9.85. The fourth-order valence-corrected chi connectivity index (χ4v) is 4.23. The van der Waals surface area contributed by atoms with Crippen LogP contribution in [-0.2, 0) is 6.42 Å². The van der Waals surface area contributed by atoms with Gasteiger partial charge >= 0.3 is 5.51 Å². The molecule has 4 rings (SSSR count). The Kier molecular flexibility index (Phi) is 4.00. The van der Waals surface area contributed by atoms with Crippen molar-refractivity contribution in [1.82, 2.24) is 14.9 Å². The maximum Gasteiger partial charge on any atom is 0.446 e. The van der Waals surface area contributed by atoms with E-state index < -0.39 is 12.5 Å². The standard InChI is InChI=1S/C20H20F3N3S/c1-26-10-4-5-13(26)11-16-15-12-14(27-20(21,22)23)7-8-17(15)25-19(16)18-6-2-3-9-24-18/h2-3,6-9,12-13,25H,4-5,10-11H2,1H3/t13-/m1/s1/i1D3. The number of hydrogen-bond donors (Lipinski definition) is 1. The number of halogens is 3. The van der Waals surface area contributed by atoms with Gasteiger partial charge in [-0.05, 0) is 80.4 Å². The number of fused-ring (bicyclic) bond motifs is 1. The summed E-state index contributed by atoms with van der Waals surface area (Å²) in [6.45, 7) is -1.71. The molecule has 1 atom stereocenters. The number of nitrogens with one attached hydrogen (secondary N) is 1. The van der Waals surface area contributed by atoms with Crippen LogP contribution in [0.2, 0.25) is 0 Å². The van der Waals surface area contributed by atoms with Gasteiger partial charge < -0.3 is 9.88 Å². The van der Waals surface area contributed by atoms with E-state index in [1.165, 1.54) is 17.0 Å². The topological polar surface area (TPSA) is 31.9 Å². The summed E-state index contributed by atoms with van der Waals surface area (Å²) in [5.74, 6) is 0. The molecule has 0 spiro atoms. The van der Waals surface area contributed by atoms with Gasteiger partial charge in [0, 0.05) is 32.1 Å². The highest BCUT2D eigenvalue weighted by Crippen LogP contribution is 2.40. The van der Waals surface area contributed by atoms with Crippen molar-refractivity contribution in [3.8, 4) is 11.4 Å². The summed E-state index contributed by atoms with van der Waals surface area (Å²) >= 11 is -0.153. The summed E-state index contributed by atoms with van der Waals surface area (Å²) in [5, 5.41) is 0.669. The number of rotatable bonds is 4. The number of thioether (sulfide) groups is 1. The number of aromatic nitrogens is 2. The van der Waals surface area contributed by atoms with Gasteiger partial charge in [-0.25, -0.2) is 0 Å². The third-order valence-electron chi connectivity index (χ3n) is 4.85. The van der Waals surface area contributed by atoms with Crippen LogP contribution in [0.3, 0.4) is 0 Å². The number of H-pyrrole nitrogens is 1. The van der Waals surface area contributed by atoms with Gasteiger partial charge in [-0.2, -0.15) is 13.2 Å². The van der Waals surface area contributed by atoms with Crippen molar-refractivity contribution >= 4 is 22.7 Å². The van der Waals surface area contributed by atoms with Crippen molar-refractivity contribution in [2.24, 2.45) is 0 Å². The van der Waals surface area contributed by atoms with Gasteiger partial charge in [-0.1, -0.05) is 6.07 Å². The van der Waals surface area contributed by atoms with E-state index in [9.17, 15) is 13.2 Å². The Morgan fingerprint density at radius 3 is 2.96 bits per heavy atom. The number of nitrogens with zero attached hydrogens (tertiary/aromatic N) is 2. The monoisotopic (exact) mass is 394 g/mol. The fourth-order valence-electron chi connectivity index (χ4n) is 3.65. The first kappa shape index (κ1) is 15.0. The normalized spacial score (nSPS) is 20.6. The number of hydrogen-bond acceptors (Lipinski definition) is 3. The van der Waals surface area contributed by atoms with Crippen LogP contribution in [0.5, 0.6) is 0 Å². The molecule has 1 aliphatic rings. The van der Waals surface area contributed by atoms with Gasteiger partial charge in [-0.3, -0.25) is 4.98 Å². The Labute approximate surface area is 164 Å². The predicted molar refractivity (Wildman–Crippen MR) is 103 cm³/mol. The van der Waals surface area contributed by atoms with Crippen molar-refractivity contribution in [1.29, 1.82) is 0 Å². The maximum absolute atomic E-state index is 12.9. The molecule has 1 aromatic carbocycles. The summed E-state index contributed by atoms with van der Waals surface area (Å²) in [6.07, 6.45) is 3.58. The highest BCUT2D eigenvalue weighted by atomic mass is 32.2. The fraction of sp³-hybridized carbons (Fsp3) is 0.350. The maximum atomic E-state index is 12.9. The van der Waals surface area contributed by atoms with Gasteiger partial charge in [0.2, 0.25) is 0 Å². The predicted octanol–water partition coefficient (Wildman–Crippen LogP) is 5.48. The molecule has 0 unspecified atom stereocenters. The molecule has 1 aliphatic heterocycles. The molecule has 3 heterocycles. The summed E-state index contributed by atoms with van der Waals surface area (Å²) in [5.41, 5.74) is -1.48. The molecule has 1 saturated heterocycles. The van der Waals surface area contributed by atoms with Crippen molar-refractivity contribution in [2.45, 2.75) is 35.7 Å². The molecule has 0 bridgehead atoms. The zero-order chi connectivity index (χ0) is 21.5. The quantitative estimate of drug-likeness (QED) is 0.595. The highest BCUT2D eigenvalue weighted by molar-refractivity contribution is 8.00. The highest BCUT2D eigenvalue weighted by Gasteiger charge is 2.30. The van der Waals surface area contributed by atoms with E-state index in [0.717, 1.165) is 24.1 Å². The van der Waals surface area contributed by atoms with Crippen LogP contribution < -0.4 is 0 Å². The second-order valence-electron chi connectivity index (χ2n) is 6.64. The lowest BCUT2D eigenvalue weighted by molar-refractivity contribution is -0.0328. The van der Waals surface area contributed by atoms with E-state index in [1.807, 2.05) is 12.1 Å². The zero-order valence-electron chi connectivity index (χ0n) is 17.4. The van der Waals surface area contributed by atoms with Crippen LogP contribution in [0.25, 0.3) is 22.3 Å². The smallest absolute Gasteiger partial charge is 0.353 e. The minimum Gasteiger partial charge on any atom is -0.353 e. The van der Waals surface area contributed by atoms with Gasteiger partial charge in [0.1, 0.15) is 0 Å². The molecule has 27 heavy (non-hydrogen) atoms. The molecule has 2 aromatic heterocycles. The average Bonchev–Trinajstić information content (AvgIpc) is 3.26. The molecule has 7 heteroatoms. The number of benzene rings is 1. The van der Waals surface area contributed by atoms with Crippen LogP contribution in [0.4, 0.5) is 13.2 Å². The average molecular weight is 394 g/mol. The lowest BCUT2D eigenvalue weighted by Gasteiger charge is -2.20. The molecule has 3 nitrogen and oxygen atoms in total. The van der Waals surface area contributed by atoms with E-state index in [-0.39, 0.29) is 22.7 Å².